The number of carbonyl (C=O) groups excluding carboxylic acids is 2. The SMILES string of the molecule is O=C(N[O-])c1cccc(C(=O)N[O-])c1. The summed E-state index contributed by atoms with van der Waals surface area (Å²) < 4.78 is 0. The van der Waals surface area contributed by atoms with Gasteiger partial charge < -0.3 is 21.4 Å². The smallest absolute Gasteiger partial charge is 0.240 e. The summed E-state index contributed by atoms with van der Waals surface area (Å²) in [5, 5.41) is 20.0. The van der Waals surface area contributed by atoms with Crippen molar-refractivity contribution < 1.29 is 9.59 Å². The second kappa shape index (κ2) is 4.35. The molecule has 6 heteroatoms. The molecule has 0 bridgehead atoms. The lowest BCUT2D eigenvalue weighted by molar-refractivity contribution is 0.0969. The molecule has 0 unspecified atom stereocenters. The zero-order chi connectivity index (χ0) is 10.6. The highest BCUT2D eigenvalue weighted by atomic mass is 16.5. The van der Waals surface area contributed by atoms with Gasteiger partial charge in [-0.15, -0.1) is 0 Å². The van der Waals surface area contributed by atoms with Crippen molar-refractivity contribution >= 4 is 11.8 Å². The Morgan fingerprint density at radius 3 is 1.79 bits per heavy atom. The van der Waals surface area contributed by atoms with E-state index in [-0.39, 0.29) is 11.1 Å². The van der Waals surface area contributed by atoms with Crippen LogP contribution >= 0.6 is 0 Å². The molecule has 0 radical (unpaired) electrons. The van der Waals surface area contributed by atoms with Gasteiger partial charge in [0.2, 0.25) is 11.8 Å². The second-order valence-electron chi connectivity index (χ2n) is 2.44. The molecule has 2 amide bonds. The lowest BCUT2D eigenvalue weighted by Gasteiger charge is -2.10. The average molecular weight is 194 g/mol. The summed E-state index contributed by atoms with van der Waals surface area (Å²) in [7, 11) is 0. The van der Waals surface area contributed by atoms with Gasteiger partial charge in [0.05, 0.1) is 0 Å². The lowest BCUT2D eigenvalue weighted by atomic mass is 10.1. The number of nitrogens with one attached hydrogen (secondary N) is 2. The summed E-state index contributed by atoms with van der Waals surface area (Å²) in [6, 6.07) is 5.26. The predicted molar refractivity (Wildman–Crippen MR) is 48.1 cm³/mol. The van der Waals surface area contributed by atoms with E-state index in [1.54, 1.807) is 0 Å². The third-order valence-electron chi connectivity index (χ3n) is 1.57. The molecular formula is C8H6N2O4-2. The molecule has 0 atom stereocenters. The minimum Gasteiger partial charge on any atom is -0.759 e. The van der Waals surface area contributed by atoms with E-state index in [0.717, 1.165) is 6.07 Å². The first-order valence-corrected chi connectivity index (χ1v) is 3.64. The van der Waals surface area contributed by atoms with Gasteiger partial charge in [0.25, 0.3) is 0 Å². The fourth-order valence-electron chi connectivity index (χ4n) is 0.920. The van der Waals surface area contributed by atoms with Gasteiger partial charge in [0, 0.05) is 11.1 Å². The van der Waals surface area contributed by atoms with Gasteiger partial charge in [0.15, 0.2) is 0 Å². The predicted octanol–water partition coefficient (Wildman–Crippen LogP) is 0.142. The number of benzene rings is 1. The summed E-state index contributed by atoms with van der Waals surface area (Å²) >= 11 is 0. The summed E-state index contributed by atoms with van der Waals surface area (Å²) in [5.41, 5.74) is 2.39. The van der Waals surface area contributed by atoms with Gasteiger partial charge in [-0.1, -0.05) is 6.07 Å². The van der Waals surface area contributed by atoms with Gasteiger partial charge in [-0.25, -0.2) is 0 Å². The highest BCUT2D eigenvalue weighted by Gasteiger charge is 2.05. The van der Waals surface area contributed by atoms with Crippen molar-refractivity contribution in [1.82, 2.24) is 11.0 Å². The van der Waals surface area contributed by atoms with Crippen LogP contribution in [0.3, 0.4) is 0 Å². The molecule has 6 nitrogen and oxygen atoms in total. The van der Waals surface area contributed by atoms with Gasteiger partial charge >= 0.3 is 0 Å². The van der Waals surface area contributed by atoms with E-state index in [4.69, 9.17) is 0 Å². The Labute approximate surface area is 79.1 Å². The Bertz CT molecular complexity index is 333. The zero-order valence-corrected chi connectivity index (χ0v) is 6.94. The third kappa shape index (κ3) is 2.06. The number of carbonyl (C=O) groups is 2. The lowest BCUT2D eigenvalue weighted by Crippen LogP contribution is -2.19. The van der Waals surface area contributed by atoms with Gasteiger partial charge in [0.1, 0.15) is 0 Å². The first-order chi connectivity index (χ1) is 6.69. The molecule has 0 saturated carbocycles. The largest absolute Gasteiger partial charge is 0.759 e. The van der Waals surface area contributed by atoms with E-state index in [9.17, 15) is 20.0 Å². The van der Waals surface area contributed by atoms with E-state index in [1.807, 2.05) is 0 Å². The number of rotatable bonds is 2. The highest BCUT2D eigenvalue weighted by Crippen LogP contribution is 2.04. The van der Waals surface area contributed by atoms with E-state index in [0.29, 0.717) is 0 Å². The Kier molecular flexibility index (Phi) is 3.16. The normalized spacial score (nSPS) is 9.29. The van der Waals surface area contributed by atoms with Crippen molar-refractivity contribution in [2.45, 2.75) is 0 Å². The molecule has 2 N–H and O–H groups in total. The van der Waals surface area contributed by atoms with Crippen LogP contribution in [0.2, 0.25) is 0 Å². The van der Waals surface area contributed by atoms with Crippen LogP contribution in [0, 0.1) is 10.4 Å². The number of hydrogen-bond donors (Lipinski definition) is 2. The molecule has 0 spiro atoms. The molecule has 0 aliphatic heterocycles. The minimum absolute atomic E-state index is 0.0288. The van der Waals surface area contributed by atoms with Crippen molar-refractivity contribution in [3.8, 4) is 0 Å². The maximum Gasteiger partial charge on any atom is 0.240 e. The maximum absolute atomic E-state index is 10.8. The number of hydrogen-bond acceptors (Lipinski definition) is 4. The molecule has 0 saturated heterocycles. The van der Waals surface area contributed by atoms with Crippen LogP contribution in [-0.2, 0) is 0 Å². The summed E-state index contributed by atoms with van der Waals surface area (Å²) in [6.07, 6.45) is 0. The first-order valence-electron chi connectivity index (χ1n) is 3.64. The molecule has 1 aromatic carbocycles. The van der Waals surface area contributed by atoms with Crippen molar-refractivity contribution in [2.24, 2.45) is 0 Å². The molecular weight excluding hydrogens is 188 g/mol. The standard InChI is InChI=1S/C8H6N2O4/c11-7(9-13)5-2-1-3-6(4-5)8(12)10-14/h1-4H,(H2-2,9,10,11,12,13,14)/q-2. The molecule has 0 aliphatic carbocycles. The molecule has 0 heterocycles. The van der Waals surface area contributed by atoms with Crippen LogP contribution in [0.5, 0.6) is 0 Å². The van der Waals surface area contributed by atoms with Gasteiger partial charge in [-0.3, -0.25) is 9.59 Å². The van der Waals surface area contributed by atoms with Gasteiger partial charge in [-0.2, -0.15) is 0 Å². The van der Waals surface area contributed by atoms with Crippen molar-refractivity contribution in [1.29, 1.82) is 0 Å². The number of hydroxylamine groups is 2. The molecule has 0 aromatic heterocycles. The molecule has 74 valence electrons. The van der Waals surface area contributed by atoms with Crippen molar-refractivity contribution in [3.63, 3.8) is 0 Å². The Morgan fingerprint density at radius 2 is 1.43 bits per heavy atom. The van der Waals surface area contributed by atoms with E-state index >= 15 is 0 Å². The Hall–Kier alpha value is -1.92. The average Bonchev–Trinajstić information content (AvgIpc) is 2.27. The third-order valence-corrected chi connectivity index (χ3v) is 1.57. The van der Waals surface area contributed by atoms with Crippen LogP contribution in [0.1, 0.15) is 20.7 Å². The van der Waals surface area contributed by atoms with E-state index in [2.05, 4.69) is 0 Å². The monoisotopic (exact) mass is 194 g/mol. The van der Waals surface area contributed by atoms with Crippen LogP contribution in [0.25, 0.3) is 0 Å². The van der Waals surface area contributed by atoms with Crippen molar-refractivity contribution in [2.75, 3.05) is 0 Å². The van der Waals surface area contributed by atoms with Crippen LogP contribution in [0.15, 0.2) is 24.3 Å². The number of amides is 2. The molecule has 14 heavy (non-hydrogen) atoms. The van der Waals surface area contributed by atoms with E-state index in [1.165, 1.54) is 29.2 Å². The minimum atomic E-state index is -0.856. The fraction of sp³-hybridized carbons (Fsp3) is 0. The van der Waals surface area contributed by atoms with Crippen LogP contribution in [0.4, 0.5) is 0 Å². The fourth-order valence-corrected chi connectivity index (χ4v) is 0.920. The quantitative estimate of drug-likeness (QED) is 0.653. The molecule has 0 fully saturated rings. The zero-order valence-electron chi connectivity index (χ0n) is 6.94. The van der Waals surface area contributed by atoms with E-state index < -0.39 is 11.8 Å². The summed E-state index contributed by atoms with van der Waals surface area (Å²) in [6.45, 7) is 0. The highest BCUT2D eigenvalue weighted by molar-refractivity contribution is 5.99. The maximum atomic E-state index is 10.8. The summed E-state index contributed by atoms with van der Waals surface area (Å²) in [4.78, 5) is 21.7. The topological polar surface area (TPSA) is 104 Å². The van der Waals surface area contributed by atoms with Crippen LogP contribution < -0.4 is 11.0 Å². The molecule has 1 aromatic rings. The second-order valence-corrected chi connectivity index (χ2v) is 2.44. The van der Waals surface area contributed by atoms with Gasteiger partial charge in [-0.05, 0) is 18.2 Å². The van der Waals surface area contributed by atoms with Crippen LogP contribution in [-0.4, -0.2) is 11.8 Å². The molecule has 1 rings (SSSR count). The Morgan fingerprint density at radius 1 is 1.00 bits per heavy atom. The summed E-state index contributed by atoms with van der Waals surface area (Å²) in [5.74, 6) is -1.71. The molecule has 0 aliphatic rings. The van der Waals surface area contributed by atoms with Crippen molar-refractivity contribution in [3.05, 3.63) is 45.8 Å². The Balaban J connectivity index is 3.01. The first kappa shape index (κ1) is 10.2.